The van der Waals surface area contributed by atoms with E-state index in [0.29, 0.717) is 11.9 Å². The van der Waals surface area contributed by atoms with Crippen molar-refractivity contribution >= 4 is 16.9 Å². The monoisotopic (exact) mass is 246 g/mol. The van der Waals surface area contributed by atoms with Gasteiger partial charge in [-0.25, -0.2) is 0 Å². The van der Waals surface area contributed by atoms with Gasteiger partial charge in [-0.15, -0.1) is 0 Å². The molecule has 0 bridgehead atoms. The zero-order valence-corrected chi connectivity index (χ0v) is 9.99. The summed E-state index contributed by atoms with van der Waals surface area (Å²) in [5, 5.41) is 20.5. The van der Waals surface area contributed by atoms with Gasteiger partial charge in [0.15, 0.2) is 11.3 Å². The third-order valence-electron chi connectivity index (χ3n) is 2.55. The lowest BCUT2D eigenvalue weighted by Gasteiger charge is -2.05. The molecule has 5 heteroatoms. The lowest BCUT2D eigenvalue weighted by molar-refractivity contribution is 0.0949. The van der Waals surface area contributed by atoms with Crippen LogP contribution in [-0.2, 0) is 0 Å². The summed E-state index contributed by atoms with van der Waals surface area (Å²) in [5.41, 5.74) is 0.133. The lowest BCUT2D eigenvalue weighted by Crippen LogP contribution is -2.28. The molecule has 3 N–H and O–H groups in total. The molecule has 0 saturated carbocycles. The summed E-state index contributed by atoms with van der Waals surface area (Å²) in [6, 6.07) is 6.40. The molecule has 0 radical (unpaired) electrons. The summed E-state index contributed by atoms with van der Waals surface area (Å²) in [7, 11) is 0. The van der Waals surface area contributed by atoms with E-state index >= 15 is 0 Å². The second-order valence-electron chi connectivity index (χ2n) is 3.94. The molecule has 2 rings (SSSR count). The molecule has 0 aliphatic heterocycles. The van der Waals surface area contributed by atoms with E-state index in [0.717, 1.165) is 6.42 Å². The zero-order valence-electron chi connectivity index (χ0n) is 9.99. The highest BCUT2D eigenvalue weighted by Crippen LogP contribution is 2.23. The van der Waals surface area contributed by atoms with E-state index in [4.69, 9.17) is 9.83 Å². The number of nitrogens with one attached hydrogen (secondary N) is 2. The van der Waals surface area contributed by atoms with Gasteiger partial charge in [-0.05, 0) is 18.6 Å². The molecule has 0 atom stereocenters. The third kappa shape index (κ3) is 2.20. The molecular formula is C13H14N2O3. The van der Waals surface area contributed by atoms with Crippen molar-refractivity contribution in [3.63, 3.8) is 0 Å². The summed E-state index contributed by atoms with van der Waals surface area (Å²) < 4.78 is 5.18. The predicted octanol–water partition coefficient (Wildman–Crippen LogP) is 1.76. The normalized spacial score (nSPS) is 10.5. The van der Waals surface area contributed by atoms with Crippen molar-refractivity contribution in [2.24, 2.45) is 0 Å². The Balaban J connectivity index is 2.50. The Morgan fingerprint density at radius 2 is 2.28 bits per heavy atom. The molecule has 0 fully saturated rings. The second-order valence-corrected chi connectivity index (χ2v) is 3.94. The minimum atomic E-state index is -0.337. The molecule has 18 heavy (non-hydrogen) atoms. The Kier molecular flexibility index (Phi) is 3.32. The van der Waals surface area contributed by atoms with Crippen LogP contribution in [0.15, 0.2) is 28.7 Å². The van der Waals surface area contributed by atoms with Crippen LogP contribution in [0.3, 0.4) is 0 Å². The number of fused-ring (bicyclic) bond motifs is 1. The number of benzene rings is 1. The first-order valence-electron chi connectivity index (χ1n) is 5.72. The Bertz CT molecular complexity index is 646. The van der Waals surface area contributed by atoms with Crippen LogP contribution in [-0.4, -0.2) is 17.6 Å². The van der Waals surface area contributed by atoms with E-state index in [1.807, 2.05) is 6.92 Å². The number of carbonyl (C=O) groups excluding carboxylic acids is 1. The molecule has 0 aliphatic carbocycles. The van der Waals surface area contributed by atoms with Crippen molar-refractivity contribution < 1.29 is 14.3 Å². The molecule has 0 saturated heterocycles. The number of rotatable bonds is 3. The number of carbonyl (C=O) groups is 1. The Morgan fingerprint density at radius 3 is 3.00 bits per heavy atom. The maximum absolute atomic E-state index is 11.8. The summed E-state index contributed by atoms with van der Waals surface area (Å²) in [6.07, 6.45) is 0.824. The topological polar surface area (TPSA) is 86.3 Å². The smallest absolute Gasteiger partial charge is 0.256 e. The van der Waals surface area contributed by atoms with E-state index in [9.17, 15) is 9.90 Å². The minimum Gasteiger partial charge on any atom is -0.504 e. The molecule has 5 nitrogen and oxygen atoms in total. The molecule has 94 valence electrons. The van der Waals surface area contributed by atoms with Crippen LogP contribution in [0, 0.1) is 5.41 Å². The molecule has 2 aromatic rings. The van der Waals surface area contributed by atoms with Crippen molar-refractivity contribution in [3.05, 3.63) is 35.4 Å². The van der Waals surface area contributed by atoms with Crippen LogP contribution < -0.4 is 10.9 Å². The van der Waals surface area contributed by atoms with E-state index < -0.39 is 0 Å². The highest BCUT2D eigenvalue weighted by Gasteiger charge is 2.12. The number of hydrogen-bond donors (Lipinski definition) is 3. The number of phenols is 1. The first kappa shape index (κ1) is 12.2. The molecule has 1 aromatic carbocycles. The summed E-state index contributed by atoms with van der Waals surface area (Å²) >= 11 is 0. The van der Waals surface area contributed by atoms with Crippen molar-refractivity contribution in [3.8, 4) is 5.75 Å². The fraction of sp³-hybridized carbons (Fsp3) is 0.231. The standard InChI is InChI=1S/C13H14N2O3/c1-2-6-15-13(17)9-7-8-4-3-5-10(16)11(8)18-12(9)14/h3-5,7,14,16H,2,6H2,1H3,(H,15,17). The molecule has 1 heterocycles. The van der Waals surface area contributed by atoms with Crippen molar-refractivity contribution in [1.82, 2.24) is 5.32 Å². The summed E-state index contributed by atoms with van der Waals surface area (Å²) in [4.78, 5) is 11.8. The van der Waals surface area contributed by atoms with Crippen molar-refractivity contribution in [2.75, 3.05) is 6.54 Å². The quantitative estimate of drug-likeness (QED) is 0.771. The maximum Gasteiger partial charge on any atom is 0.256 e. The molecular weight excluding hydrogens is 232 g/mol. The molecule has 0 unspecified atom stereocenters. The largest absolute Gasteiger partial charge is 0.504 e. The van der Waals surface area contributed by atoms with E-state index in [-0.39, 0.29) is 28.4 Å². The number of hydrogen-bond acceptors (Lipinski definition) is 4. The van der Waals surface area contributed by atoms with Gasteiger partial charge < -0.3 is 14.8 Å². The first-order chi connectivity index (χ1) is 8.63. The molecule has 1 aromatic heterocycles. The van der Waals surface area contributed by atoms with Crippen molar-refractivity contribution in [2.45, 2.75) is 13.3 Å². The average molecular weight is 246 g/mol. The van der Waals surface area contributed by atoms with Gasteiger partial charge in [-0.3, -0.25) is 10.2 Å². The minimum absolute atomic E-state index is 0.0403. The van der Waals surface area contributed by atoms with Gasteiger partial charge in [0.25, 0.3) is 5.91 Å². The van der Waals surface area contributed by atoms with Crippen LogP contribution in [0.4, 0.5) is 0 Å². The number of para-hydroxylation sites is 1. The van der Waals surface area contributed by atoms with Crippen LogP contribution in [0.1, 0.15) is 23.7 Å². The lowest BCUT2D eigenvalue weighted by atomic mass is 10.1. The Labute approximate surface area is 104 Å². The van der Waals surface area contributed by atoms with Gasteiger partial charge in [0, 0.05) is 11.9 Å². The number of amides is 1. The van der Waals surface area contributed by atoms with Crippen LogP contribution in [0.2, 0.25) is 0 Å². The number of aromatic hydroxyl groups is 1. The third-order valence-corrected chi connectivity index (χ3v) is 2.55. The fourth-order valence-corrected chi connectivity index (χ4v) is 1.65. The van der Waals surface area contributed by atoms with Gasteiger partial charge >= 0.3 is 0 Å². The molecule has 0 spiro atoms. The van der Waals surface area contributed by atoms with Crippen LogP contribution >= 0.6 is 0 Å². The van der Waals surface area contributed by atoms with E-state index in [2.05, 4.69) is 5.32 Å². The van der Waals surface area contributed by atoms with Gasteiger partial charge in [-0.1, -0.05) is 19.1 Å². The van der Waals surface area contributed by atoms with E-state index in [1.165, 1.54) is 6.07 Å². The van der Waals surface area contributed by atoms with Gasteiger partial charge in [-0.2, -0.15) is 0 Å². The zero-order chi connectivity index (χ0) is 13.1. The summed E-state index contributed by atoms with van der Waals surface area (Å²) in [5.74, 6) is -0.377. The maximum atomic E-state index is 11.8. The summed E-state index contributed by atoms with van der Waals surface area (Å²) in [6.45, 7) is 2.50. The molecule has 1 amide bonds. The molecule has 0 aliphatic rings. The Hall–Kier alpha value is -2.30. The average Bonchev–Trinajstić information content (AvgIpc) is 2.36. The predicted molar refractivity (Wildman–Crippen MR) is 66.4 cm³/mol. The van der Waals surface area contributed by atoms with Gasteiger partial charge in [0.2, 0.25) is 5.55 Å². The fourth-order valence-electron chi connectivity index (χ4n) is 1.65. The van der Waals surface area contributed by atoms with Gasteiger partial charge in [0.05, 0.1) is 0 Å². The highest BCUT2D eigenvalue weighted by atomic mass is 16.4. The van der Waals surface area contributed by atoms with Gasteiger partial charge in [0.1, 0.15) is 5.56 Å². The highest BCUT2D eigenvalue weighted by molar-refractivity contribution is 5.97. The van der Waals surface area contributed by atoms with E-state index in [1.54, 1.807) is 18.2 Å². The van der Waals surface area contributed by atoms with Crippen LogP contribution in [0.5, 0.6) is 5.75 Å². The number of phenolic OH excluding ortho intramolecular Hbond substituents is 1. The van der Waals surface area contributed by atoms with Crippen molar-refractivity contribution in [1.29, 1.82) is 5.41 Å². The SMILES string of the molecule is CCCNC(=O)c1cc2cccc(O)c2oc1=N. The first-order valence-corrected chi connectivity index (χ1v) is 5.72. The second kappa shape index (κ2) is 4.91. The van der Waals surface area contributed by atoms with Crippen LogP contribution in [0.25, 0.3) is 11.0 Å². The Morgan fingerprint density at radius 1 is 1.50 bits per heavy atom.